The number of carbonyl (C=O) groups excluding carboxylic acids is 2. The molecule has 9 heteroatoms. The highest BCUT2D eigenvalue weighted by molar-refractivity contribution is 7.90. The summed E-state index contributed by atoms with van der Waals surface area (Å²) in [6.45, 7) is 1.76. The van der Waals surface area contributed by atoms with Crippen molar-refractivity contribution in [2.75, 3.05) is 30.8 Å². The van der Waals surface area contributed by atoms with Crippen LogP contribution in [0.1, 0.15) is 54.4 Å². The van der Waals surface area contributed by atoms with E-state index in [1.165, 1.54) is 30.7 Å². The third-order valence-electron chi connectivity index (χ3n) is 7.15. The molecule has 1 aliphatic carbocycles. The summed E-state index contributed by atoms with van der Waals surface area (Å²) in [5.74, 6) is -0.594. The number of nitrogens with zero attached hydrogens (tertiary/aromatic N) is 1. The van der Waals surface area contributed by atoms with Gasteiger partial charge in [0.05, 0.1) is 4.90 Å². The average Bonchev–Trinajstić information content (AvgIpc) is 3.25. The van der Waals surface area contributed by atoms with Gasteiger partial charge in [0, 0.05) is 37.1 Å². The number of rotatable bonds is 9. The van der Waals surface area contributed by atoms with E-state index in [0.29, 0.717) is 25.4 Å². The Balaban J connectivity index is 1.40. The van der Waals surface area contributed by atoms with Gasteiger partial charge >= 0.3 is 0 Å². The molecule has 194 valence electrons. The minimum absolute atomic E-state index is 0.0641. The molecule has 1 aliphatic heterocycles. The second-order valence-corrected chi connectivity index (χ2v) is 11.9. The Morgan fingerprint density at radius 2 is 1.89 bits per heavy atom. The lowest BCUT2D eigenvalue weighted by Crippen LogP contribution is -2.49. The van der Waals surface area contributed by atoms with Crippen LogP contribution in [0.5, 0.6) is 0 Å². The van der Waals surface area contributed by atoms with E-state index in [2.05, 4.69) is 15.5 Å². The van der Waals surface area contributed by atoms with E-state index in [1.807, 2.05) is 0 Å². The summed E-state index contributed by atoms with van der Waals surface area (Å²) in [5, 5.41) is 5.83. The molecule has 7 nitrogen and oxygen atoms in total. The van der Waals surface area contributed by atoms with Crippen LogP contribution in [0.4, 0.5) is 10.1 Å². The first-order chi connectivity index (χ1) is 17.2. The highest BCUT2D eigenvalue weighted by atomic mass is 32.2. The van der Waals surface area contributed by atoms with Crippen molar-refractivity contribution in [2.24, 2.45) is 5.92 Å². The Morgan fingerprint density at radius 1 is 1.11 bits per heavy atom. The highest BCUT2D eigenvalue weighted by Gasteiger charge is 2.27. The summed E-state index contributed by atoms with van der Waals surface area (Å²) in [4.78, 5) is 28.4. The van der Waals surface area contributed by atoms with E-state index < -0.39 is 21.8 Å². The smallest absolute Gasteiger partial charge is 0.251 e. The molecule has 1 fully saturated rings. The van der Waals surface area contributed by atoms with Crippen LogP contribution in [0, 0.1) is 11.7 Å². The maximum Gasteiger partial charge on any atom is 0.251 e. The Kier molecular flexibility index (Phi) is 8.28. The molecule has 2 N–H and O–H groups in total. The normalized spacial score (nSPS) is 16.9. The zero-order chi connectivity index (χ0) is 25.7. The van der Waals surface area contributed by atoms with Gasteiger partial charge in [-0.1, -0.05) is 38.2 Å². The van der Waals surface area contributed by atoms with E-state index in [9.17, 15) is 22.4 Å². The van der Waals surface area contributed by atoms with Crippen LogP contribution in [0.2, 0.25) is 0 Å². The molecular weight excluding hydrogens is 481 g/mol. The van der Waals surface area contributed by atoms with Crippen molar-refractivity contribution in [2.45, 2.75) is 55.9 Å². The minimum atomic E-state index is -3.45. The van der Waals surface area contributed by atoms with Crippen LogP contribution < -0.4 is 15.5 Å². The van der Waals surface area contributed by atoms with Gasteiger partial charge in [-0.25, -0.2) is 12.8 Å². The Hall–Kier alpha value is -2.94. The molecule has 1 saturated carbocycles. The van der Waals surface area contributed by atoms with Crippen molar-refractivity contribution < 1.29 is 22.4 Å². The zero-order valence-corrected chi connectivity index (χ0v) is 21.5. The lowest BCUT2D eigenvalue weighted by Gasteiger charge is -2.27. The summed E-state index contributed by atoms with van der Waals surface area (Å²) in [6.07, 6.45) is 7.92. The third kappa shape index (κ3) is 6.63. The molecule has 2 aromatic rings. The number of sulfone groups is 1. The van der Waals surface area contributed by atoms with Crippen LogP contribution in [0.3, 0.4) is 0 Å². The lowest BCUT2D eigenvalue weighted by atomic mass is 9.84. The van der Waals surface area contributed by atoms with Gasteiger partial charge in [0.2, 0.25) is 5.91 Å². The van der Waals surface area contributed by atoms with Gasteiger partial charge < -0.3 is 15.5 Å². The predicted octanol–water partition coefficient (Wildman–Crippen LogP) is 3.48. The number of nitrogens with one attached hydrogen (secondary N) is 2. The highest BCUT2D eigenvalue weighted by Crippen LogP contribution is 2.29. The number of benzene rings is 2. The Labute approximate surface area is 212 Å². The van der Waals surface area contributed by atoms with Crippen molar-refractivity contribution in [1.82, 2.24) is 10.6 Å². The minimum Gasteiger partial charge on any atom is -0.369 e. The number of amides is 2. The second kappa shape index (κ2) is 11.4. The molecule has 2 aliphatic rings. The molecule has 4 rings (SSSR count). The van der Waals surface area contributed by atoms with Gasteiger partial charge in [0.15, 0.2) is 9.84 Å². The maximum atomic E-state index is 13.5. The molecule has 1 heterocycles. The van der Waals surface area contributed by atoms with Gasteiger partial charge in [-0.05, 0) is 60.7 Å². The average molecular weight is 516 g/mol. The molecule has 1 atom stereocenters. The summed E-state index contributed by atoms with van der Waals surface area (Å²) in [5.41, 5.74) is 2.17. The SMILES string of the molecule is CS(=O)(=O)c1cccc(C(=O)N[C@@H](CC2CCCCC2)C(=O)NCCN2CCc3cc(F)ccc32)c1. The van der Waals surface area contributed by atoms with Crippen LogP contribution in [0.25, 0.3) is 0 Å². The summed E-state index contributed by atoms with van der Waals surface area (Å²) in [6, 6.07) is 9.94. The standard InChI is InChI=1S/C27H34FN3O4S/c1-36(34,35)23-9-5-8-21(18-23)26(32)30-24(16-19-6-3-2-4-7-19)27(33)29-13-15-31-14-12-20-17-22(28)10-11-25(20)31/h5,8-11,17-19,24H,2-4,6-7,12-16H2,1H3,(H,29,33)(H,30,32)/t24-/m0/s1. The number of anilines is 1. The summed E-state index contributed by atoms with van der Waals surface area (Å²) in [7, 11) is -3.45. The van der Waals surface area contributed by atoms with Gasteiger partial charge in [-0.2, -0.15) is 0 Å². The largest absolute Gasteiger partial charge is 0.369 e. The molecule has 36 heavy (non-hydrogen) atoms. The molecule has 0 aromatic heterocycles. The summed E-state index contributed by atoms with van der Waals surface area (Å²) < 4.78 is 37.3. The first-order valence-electron chi connectivity index (χ1n) is 12.6. The van der Waals surface area contributed by atoms with Crippen molar-refractivity contribution in [3.05, 3.63) is 59.4 Å². The van der Waals surface area contributed by atoms with Gasteiger partial charge in [0.25, 0.3) is 5.91 Å². The molecule has 0 radical (unpaired) electrons. The molecule has 2 amide bonds. The molecule has 2 aromatic carbocycles. The maximum absolute atomic E-state index is 13.5. The third-order valence-corrected chi connectivity index (χ3v) is 8.26. The number of hydrogen-bond acceptors (Lipinski definition) is 5. The molecule has 0 spiro atoms. The van der Waals surface area contributed by atoms with Crippen molar-refractivity contribution in [1.29, 1.82) is 0 Å². The first kappa shape index (κ1) is 26.1. The number of halogens is 1. The van der Waals surface area contributed by atoms with E-state index in [0.717, 1.165) is 56.2 Å². The monoisotopic (exact) mass is 515 g/mol. The van der Waals surface area contributed by atoms with Gasteiger partial charge in [-0.3, -0.25) is 9.59 Å². The van der Waals surface area contributed by atoms with Crippen LogP contribution in [-0.4, -0.2) is 52.2 Å². The van der Waals surface area contributed by atoms with Crippen molar-refractivity contribution >= 4 is 27.3 Å². The fraction of sp³-hybridized carbons (Fsp3) is 0.481. The van der Waals surface area contributed by atoms with Crippen molar-refractivity contribution in [3.8, 4) is 0 Å². The molecule has 0 bridgehead atoms. The number of hydrogen-bond donors (Lipinski definition) is 2. The Morgan fingerprint density at radius 3 is 2.64 bits per heavy atom. The topological polar surface area (TPSA) is 95.6 Å². The number of carbonyl (C=O) groups is 2. The molecule has 0 saturated heterocycles. The first-order valence-corrected chi connectivity index (χ1v) is 14.5. The lowest BCUT2D eigenvalue weighted by molar-refractivity contribution is -0.123. The van der Waals surface area contributed by atoms with E-state index >= 15 is 0 Å². The second-order valence-electron chi connectivity index (χ2n) is 9.87. The quantitative estimate of drug-likeness (QED) is 0.533. The van der Waals surface area contributed by atoms with E-state index in [1.54, 1.807) is 18.2 Å². The van der Waals surface area contributed by atoms with Crippen molar-refractivity contribution in [3.63, 3.8) is 0 Å². The zero-order valence-electron chi connectivity index (χ0n) is 20.6. The molecule has 0 unspecified atom stereocenters. The van der Waals surface area contributed by atoms with Gasteiger partial charge in [-0.15, -0.1) is 0 Å². The Bertz CT molecular complexity index is 1210. The molecular formula is C27H34FN3O4S. The summed E-state index contributed by atoms with van der Waals surface area (Å²) >= 11 is 0. The van der Waals surface area contributed by atoms with Crippen LogP contribution >= 0.6 is 0 Å². The fourth-order valence-corrected chi connectivity index (χ4v) is 5.87. The fourth-order valence-electron chi connectivity index (χ4n) is 5.21. The predicted molar refractivity (Wildman–Crippen MR) is 137 cm³/mol. The van der Waals surface area contributed by atoms with Crippen LogP contribution in [0.15, 0.2) is 47.4 Å². The number of fused-ring (bicyclic) bond motifs is 1. The van der Waals surface area contributed by atoms with E-state index in [4.69, 9.17) is 0 Å². The van der Waals surface area contributed by atoms with Crippen LogP contribution in [-0.2, 0) is 21.1 Å². The van der Waals surface area contributed by atoms with Gasteiger partial charge in [0.1, 0.15) is 11.9 Å². The van der Waals surface area contributed by atoms with E-state index in [-0.39, 0.29) is 22.2 Å².